The molecule has 0 saturated heterocycles. The zero-order valence-electron chi connectivity index (χ0n) is 5.11. The Hall–Kier alpha value is -0.566. The van der Waals surface area contributed by atoms with Crippen LogP contribution in [0, 0.1) is 0 Å². The molecule has 5 heteroatoms. The molecule has 0 amide bonds. The molecule has 56 valence electrons. The molecular weight excluding hydrogens is 167 g/mol. The number of nitrogens with zero attached hydrogens (tertiary/aromatic N) is 2. The van der Waals surface area contributed by atoms with Crippen LogP contribution in [0.4, 0.5) is 0 Å². The predicted octanol–water partition coefficient (Wildman–Crippen LogP) is 0.684. The van der Waals surface area contributed by atoms with E-state index in [4.69, 9.17) is 10.4 Å². The third-order valence-corrected chi connectivity index (χ3v) is 0.824. The number of oxime groups is 2. The Morgan fingerprint density at radius 3 is 1.33 bits per heavy atom. The molecule has 9 heavy (non-hydrogen) atoms. The molecule has 0 spiro atoms. The van der Waals surface area contributed by atoms with Crippen LogP contribution >= 0.6 is 0 Å². The van der Waals surface area contributed by atoms with Crippen LogP contribution in [0.15, 0.2) is 10.3 Å². The van der Waals surface area contributed by atoms with Crippen molar-refractivity contribution in [3.63, 3.8) is 0 Å². The summed E-state index contributed by atoms with van der Waals surface area (Å²) < 4.78 is 0. The van der Waals surface area contributed by atoms with Crippen molar-refractivity contribution < 1.29 is 26.9 Å². The minimum absolute atomic E-state index is 0. The number of rotatable bonds is 1. The molecule has 0 saturated carbocycles. The van der Waals surface area contributed by atoms with Gasteiger partial charge in [0.05, 0.1) is 0 Å². The van der Waals surface area contributed by atoms with Crippen molar-refractivity contribution in [3.8, 4) is 0 Å². The Labute approximate surface area is 63.2 Å². The first-order chi connectivity index (χ1) is 3.72. The monoisotopic (exact) mass is 174 g/mol. The van der Waals surface area contributed by atoms with Gasteiger partial charge in [0.1, 0.15) is 11.4 Å². The minimum Gasteiger partial charge on any atom is -0.411 e. The maximum absolute atomic E-state index is 8.03. The summed E-state index contributed by atoms with van der Waals surface area (Å²) in [5.41, 5.74) is 0.625. The van der Waals surface area contributed by atoms with Crippen molar-refractivity contribution in [2.24, 2.45) is 10.3 Å². The van der Waals surface area contributed by atoms with Crippen LogP contribution < -0.4 is 0 Å². The van der Waals surface area contributed by atoms with Crippen LogP contribution in [0.3, 0.4) is 0 Å². The Bertz CT molecular complexity index is 117. The largest absolute Gasteiger partial charge is 0.411 e. The fourth-order valence-electron chi connectivity index (χ4n) is 0.145. The van der Waals surface area contributed by atoms with Gasteiger partial charge in [-0.1, -0.05) is 10.3 Å². The Morgan fingerprint density at radius 2 is 1.22 bits per heavy atom. The molecule has 2 N–H and O–H groups in total. The summed E-state index contributed by atoms with van der Waals surface area (Å²) in [5.74, 6) is 0. The van der Waals surface area contributed by atoms with E-state index in [0.717, 1.165) is 0 Å². The molecule has 0 bridgehead atoms. The van der Waals surface area contributed by atoms with Gasteiger partial charge in [0.2, 0.25) is 0 Å². The minimum atomic E-state index is 0. The van der Waals surface area contributed by atoms with Gasteiger partial charge in [0, 0.05) is 16.5 Å². The average molecular weight is 175 g/mol. The van der Waals surface area contributed by atoms with Gasteiger partial charge >= 0.3 is 0 Å². The summed E-state index contributed by atoms with van der Waals surface area (Å²) in [6, 6.07) is 0. The summed E-state index contributed by atoms with van der Waals surface area (Å²) in [5, 5.41) is 21.6. The first-order valence-corrected chi connectivity index (χ1v) is 2.10. The van der Waals surface area contributed by atoms with E-state index < -0.39 is 0 Å². The molecule has 0 unspecified atom stereocenters. The summed E-state index contributed by atoms with van der Waals surface area (Å²) in [7, 11) is 0. The molecule has 0 aliphatic carbocycles. The van der Waals surface area contributed by atoms with Gasteiger partial charge in [-0.3, -0.25) is 0 Å². The second-order valence-corrected chi connectivity index (χ2v) is 1.37. The van der Waals surface area contributed by atoms with Crippen LogP contribution in [-0.4, -0.2) is 21.8 Å². The molecule has 0 atom stereocenters. The van der Waals surface area contributed by atoms with Crippen LogP contribution in [0.2, 0.25) is 0 Å². The maximum atomic E-state index is 8.03. The van der Waals surface area contributed by atoms with Gasteiger partial charge in [-0.15, -0.1) is 0 Å². The van der Waals surface area contributed by atoms with Crippen molar-refractivity contribution in [1.29, 1.82) is 0 Å². The van der Waals surface area contributed by atoms with E-state index in [0.29, 0.717) is 11.4 Å². The normalized spacial score (nSPS) is 12.7. The van der Waals surface area contributed by atoms with Crippen LogP contribution in [-0.2, 0) is 16.5 Å². The first-order valence-electron chi connectivity index (χ1n) is 2.10. The Morgan fingerprint density at radius 1 is 1.00 bits per heavy atom. The van der Waals surface area contributed by atoms with Gasteiger partial charge in [0.25, 0.3) is 0 Å². The first kappa shape index (κ1) is 11.3. The van der Waals surface area contributed by atoms with E-state index >= 15 is 0 Å². The van der Waals surface area contributed by atoms with Crippen molar-refractivity contribution >= 4 is 11.4 Å². The molecule has 0 aromatic heterocycles. The van der Waals surface area contributed by atoms with E-state index in [1.165, 1.54) is 13.8 Å². The fourth-order valence-corrected chi connectivity index (χ4v) is 0.145. The van der Waals surface area contributed by atoms with Crippen molar-refractivity contribution in [2.45, 2.75) is 13.8 Å². The standard InChI is InChI=1S/C4H8N2O2.Ni/c1-3(5-7)4(2)6-8;/h7-8H,1-2H3;. The third-order valence-electron chi connectivity index (χ3n) is 0.824. The van der Waals surface area contributed by atoms with Crippen molar-refractivity contribution in [2.75, 3.05) is 0 Å². The zero-order chi connectivity index (χ0) is 6.57. The second kappa shape index (κ2) is 5.57. The van der Waals surface area contributed by atoms with E-state index in [1.54, 1.807) is 0 Å². The van der Waals surface area contributed by atoms with Gasteiger partial charge in [-0.2, -0.15) is 0 Å². The zero-order valence-corrected chi connectivity index (χ0v) is 6.09. The molecule has 0 fully saturated rings. The molecule has 0 aliphatic rings. The number of hydrogen-bond donors (Lipinski definition) is 2. The fraction of sp³-hybridized carbons (Fsp3) is 0.500. The molecule has 0 aliphatic heterocycles. The smallest absolute Gasteiger partial charge is 0.101 e. The van der Waals surface area contributed by atoms with Gasteiger partial charge in [0.15, 0.2) is 0 Å². The third kappa shape index (κ3) is 3.97. The number of hydrogen-bond acceptors (Lipinski definition) is 4. The maximum Gasteiger partial charge on any atom is 0.101 e. The van der Waals surface area contributed by atoms with E-state index in [9.17, 15) is 0 Å². The topological polar surface area (TPSA) is 65.2 Å². The molecular formula is C4H8N2NiO2. The van der Waals surface area contributed by atoms with Crippen LogP contribution in [0.25, 0.3) is 0 Å². The van der Waals surface area contributed by atoms with Gasteiger partial charge in [-0.05, 0) is 13.8 Å². The molecule has 0 heterocycles. The molecule has 0 radical (unpaired) electrons. The average Bonchev–Trinajstić information content (AvgIpc) is 1.84. The molecule has 4 nitrogen and oxygen atoms in total. The second-order valence-electron chi connectivity index (χ2n) is 1.37. The van der Waals surface area contributed by atoms with Crippen LogP contribution in [0.5, 0.6) is 0 Å². The van der Waals surface area contributed by atoms with E-state index in [-0.39, 0.29) is 16.5 Å². The summed E-state index contributed by atoms with van der Waals surface area (Å²) in [6.45, 7) is 3.07. The SMILES string of the molecule is CC(=NO)C(C)=NO.[Ni]. The Balaban J connectivity index is 0. The van der Waals surface area contributed by atoms with E-state index in [2.05, 4.69) is 10.3 Å². The van der Waals surface area contributed by atoms with Crippen LogP contribution in [0.1, 0.15) is 13.8 Å². The summed E-state index contributed by atoms with van der Waals surface area (Å²) in [4.78, 5) is 0. The van der Waals surface area contributed by atoms with Crippen molar-refractivity contribution in [3.05, 3.63) is 0 Å². The molecule has 0 aromatic rings. The van der Waals surface area contributed by atoms with Gasteiger partial charge < -0.3 is 10.4 Å². The predicted molar refractivity (Wildman–Crippen MR) is 29.8 cm³/mol. The molecule has 0 aromatic carbocycles. The van der Waals surface area contributed by atoms with E-state index in [1.807, 2.05) is 0 Å². The summed E-state index contributed by atoms with van der Waals surface area (Å²) in [6.07, 6.45) is 0. The molecule has 0 rings (SSSR count). The quantitative estimate of drug-likeness (QED) is 0.266. The summed E-state index contributed by atoms with van der Waals surface area (Å²) >= 11 is 0. The Kier molecular flexibility index (Phi) is 6.97. The van der Waals surface area contributed by atoms with Crippen molar-refractivity contribution in [1.82, 2.24) is 0 Å². The van der Waals surface area contributed by atoms with Gasteiger partial charge in [-0.25, -0.2) is 0 Å².